The Balaban J connectivity index is 0.000000606. The minimum atomic E-state index is 1.18. The second kappa shape index (κ2) is 7.26. The fourth-order valence-corrected chi connectivity index (χ4v) is 2.09. The summed E-state index contributed by atoms with van der Waals surface area (Å²) in [6.07, 6.45) is 7.28. The van der Waals surface area contributed by atoms with Gasteiger partial charge in [0.25, 0.3) is 0 Å². The fraction of sp³-hybridized carbons (Fsp3) is 0.643. The van der Waals surface area contributed by atoms with Crippen molar-refractivity contribution in [2.75, 3.05) is 18.0 Å². The zero-order valence-electron chi connectivity index (χ0n) is 10.9. The Morgan fingerprint density at radius 2 is 1.69 bits per heavy atom. The molecule has 1 aromatic heterocycles. The number of pyridine rings is 1. The third-order valence-corrected chi connectivity index (χ3v) is 2.89. The maximum Gasteiger partial charge on any atom is 0.131 e. The van der Waals surface area contributed by atoms with E-state index in [4.69, 9.17) is 0 Å². The molecule has 90 valence electrons. The molecule has 0 unspecified atom stereocenters. The van der Waals surface area contributed by atoms with Gasteiger partial charge in [-0.05, 0) is 31.4 Å². The van der Waals surface area contributed by atoms with Crippen molar-refractivity contribution >= 4 is 5.82 Å². The van der Waals surface area contributed by atoms with Crippen molar-refractivity contribution in [2.45, 2.75) is 46.5 Å². The summed E-state index contributed by atoms with van der Waals surface area (Å²) >= 11 is 0. The number of nitrogens with zero attached hydrogens (tertiary/aromatic N) is 2. The monoisotopic (exact) mass is 220 g/mol. The lowest BCUT2D eigenvalue weighted by Crippen LogP contribution is -2.25. The molecule has 0 radical (unpaired) electrons. The Morgan fingerprint density at radius 3 is 2.25 bits per heavy atom. The highest BCUT2D eigenvalue weighted by Gasteiger charge is 2.11. The van der Waals surface area contributed by atoms with Gasteiger partial charge in [-0.2, -0.15) is 0 Å². The Labute approximate surface area is 99.7 Å². The van der Waals surface area contributed by atoms with E-state index >= 15 is 0 Å². The molecule has 16 heavy (non-hydrogen) atoms. The topological polar surface area (TPSA) is 16.1 Å². The maximum atomic E-state index is 4.47. The van der Waals surface area contributed by atoms with Crippen LogP contribution < -0.4 is 4.90 Å². The van der Waals surface area contributed by atoms with Crippen LogP contribution in [0.2, 0.25) is 0 Å². The molecule has 2 rings (SSSR count). The van der Waals surface area contributed by atoms with Gasteiger partial charge in [-0.25, -0.2) is 4.98 Å². The highest BCUT2D eigenvalue weighted by molar-refractivity contribution is 5.45. The first-order valence-corrected chi connectivity index (χ1v) is 6.54. The minimum absolute atomic E-state index is 1.18. The van der Waals surface area contributed by atoms with Crippen LogP contribution in [0.4, 0.5) is 5.82 Å². The molecule has 2 heteroatoms. The van der Waals surface area contributed by atoms with Gasteiger partial charge in [0.2, 0.25) is 0 Å². The van der Waals surface area contributed by atoms with Gasteiger partial charge in [0.1, 0.15) is 5.82 Å². The summed E-state index contributed by atoms with van der Waals surface area (Å²) in [5.74, 6) is 1.19. The molecule has 1 aliphatic heterocycles. The van der Waals surface area contributed by atoms with E-state index in [1.807, 2.05) is 26.1 Å². The average molecular weight is 220 g/mol. The predicted molar refractivity (Wildman–Crippen MR) is 71.0 cm³/mol. The quantitative estimate of drug-likeness (QED) is 0.715. The Morgan fingerprint density at radius 1 is 1.06 bits per heavy atom. The molecule has 1 fully saturated rings. The number of aryl methyl sites for hydroxylation is 1. The van der Waals surface area contributed by atoms with Gasteiger partial charge < -0.3 is 4.90 Å². The number of anilines is 1. The molecule has 0 aromatic carbocycles. The molecule has 0 N–H and O–H groups in total. The number of hydrogen-bond acceptors (Lipinski definition) is 2. The van der Waals surface area contributed by atoms with Crippen molar-refractivity contribution in [3.8, 4) is 0 Å². The molecule has 2 nitrogen and oxygen atoms in total. The summed E-state index contributed by atoms with van der Waals surface area (Å²) in [5.41, 5.74) is 1.30. The third-order valence-electron chi connectivity index (χ3n) is 2.89. The van der Waals surface area contributed by atoms with Crippen LogP contribution in [0, 0.1) is 6.92 Å². The predicted octanol–water partition coefficient (Wildman–Crippen LogP) is 3.80. The molecular formula is C14H24N2. The van der Waals surface area contributed by atoms with E-state index in [0.29, 0.717) is 0 Å². The molecule has 0 saturated carbocycles. The smallest absolute Gasteiger partial charge is 0.131 e. The number of rotatable bonds is 1. The normalized spacial score (nSPS) is 16.1. The molecule has 1 aromatic rings. The number of hydrogen-bond donors (Lipinski definition) is 0. The SMILES string of the molecule is CC.Cc1cccnc1N1CCCCCC1. The van der Waals surface area contributed by atoms with E-state index in [1.54, 1.807) is 0 Å². The summed E-state index contributed by atoms with van der Waals surface area (Å²) in [6.45, 7) is 8.50. The van der Waals surface area contributed by atoms with Crippen LogP contribution in [0.1, 0.15) is 45.1 Å². The van der Waals surface area contributed by atoms with Crippen LogP contribution in [0.15, 0.2) is 18.3 Å². The molecule has 0 atom stereocenters. The van der Waals surface area contributed by atoms with E-state index < -0.39 is 0 Å². The van der Waals surface area contributed by atoms with Gasteiger partial charge in [0, 0.05) is 19.3 Å². The molecular weight excluding hydrogens is 196 g/mol. The summed E-state index contributed by atoms with van der Waals surface area (Å²) < 4.78 is 0. The molecule has 1 saturated heterocycles. The average Bonchev–Trinajstić information content (AvgIpc) is 2.61. The van der Waals surface area contributed by atoms with E-state index in [-0.39, 0.29) is 0 Å². The lowest BCUT2D eigenvalue weighted by molar-refractivity contribution is 0.726. The fourth-order valence-electron chi connectivity index (χ4n) is 2.09. The molecule has 1 aliphatic rings. The van der Waals surface area contributed by atoms with E-state index in [0.717, 1.165) is 0 Å². The van der Waals surface area contributed by atoms with Crippen LogP contribution in [0.3, 0.4) is 0 Å². The van der Waals surface area contributed by atoms with Gasteiger partial charge in [-0.1, -0.05) is 32.8 Å². The molecule has 0 spiro atoms. The highest BCUT2D eigenvalue weighted by atomic mass is 15.2. The first-order chi connectivity index (χ1) is 7.88. The summed E-state index contributed by atoms with van der Waals surface area (Å²) in [4.78, 5) is 6.90. The van der Waals surface area contributed by atoms with E-state index in [1.165, 1.54) is 50.2 Å². The summed E-state index contributed by atoms with van der Waals surface area (Å²) in [7, 11) is 0. The zero-order valence-corrected chi connectivity index (χ0v) is 10.9. The van der Waals surface area contributed by atoms with Crippen molar-refractivity contribution in [3.63, 3.8) is 0 Å². The lowest BCUT2D eigenvalue weighted by atomic mass is 10.2. The van der Waals surface area contributed by atoms with Crippen molar-refractivity contribution in [1.82, 2.24) is 4.98 Å². The minimum Gasteiger partial charge on any atom is -0.356 e. The van der Waals surface area contributed by atoms with Crippen LogP contribution in [-0.2, 0) is 0 Å². The molecule has 0 amide bonds. The molecule has 2 heterocycles. The van der Waals surface area contributed by atoms with Crippen LogP contribution in [0.25, 0.3) is 0 Å². The number of aromatic nitrogens is 1. The van der Waals surface area contributed by atoms with Gasteiger partial charge >= 0.3 is 0 Å². The van der Waals surface area contributed by atoms with Gasteiger partial charge in [0.15, 0.2) is 0 Å². The van der Waals surface area contributed by atoms with Crippen LogP contribution >= 0.6 is 0 Å². The first kappa shape index (κ1) is 13.0. The van der Waals surface area contributed by atoms with Crippen LogP contribution in [0.5, 0.6) is 0 Å². The van der Waals surface area contributed by atoms with E-state index in [2.05, 4.69) is 22.9 Å². The van der Waals surface area contributed by atoms with Crippen molar-refractivity contribution < 1.29 is 0 Å². The third kappa shape index (κ3) is 3.51. The summed E-state index contributed by atoms with van der Waals surface area (Å²) in [5, 5.41) is 0. The van der Waals surface area contributed by atoms with Gasteiger partial charge in [0.05, 0.1) is 0 Å². The zero-order chi connectivity index (χ0) is 11.8. The Kier molecular flexibility index (Phi) is 5.91. The second-order valence-corrected chi connectivity index (χ2v) is 4.05. The Hall–Kier alpha value is -1.05. The largest absolute Gasteiger partial charge is 0.356 e. The second-order valence-electron chi connectivity index (χ2n) is 4.05. The molecule has 0 aliphatic carbocycles. The Bertz CT molecular complexity index is 289. The maximum absolute atomic E-state index is 4.47. The van der Waals surface area contributed by atoms with E-state index in [9.17, 15) is 0 Å². The van der Waals surface area contributed by atoms with Crippen LogP contribution in [-0.4, -0.2) is 18.1 Å². The van der Waals surface area contributed by atoms with Gasteiger partial charge in [-0.15, -0.1) is 0 Å². The lowest BCUT2D eigenvalue weighted by Gasteiger charge is -2.22. The van der Waals surface area contributed by atoms with Gasteiger partial charge in [-0.3, -0.25) is 0 Å². The first-order valence-electron chi connectivity index (χ1n) is 6.54. The van der Waals surface area contributed by atoms with Crippen molar-refractivity contribution in [1.29, 1.82) is 0 Å². The molecule has 0 bridgehead atoms. The van der Waals surface area contributed by atoms with Crippen molar-refractivity contribution in [2.24, 2.45) is 0 Å². The standard InChI is InChI=1S/C12H18N2.C2H6/c1-11-7-6-8-13-12(11)14-9-4-2-3-5-10-14;1-2/h6-8H,2-5,9-10H2,1H3;1-2H3. The highest BCUT2D eigenvalue weighted by Crippen LogP contribution is 2.19. The van der Waals surface area contributed by atoms with Crippen molar-refractivity contribution in [3.05, 3.63) is 23.9 Å². The summed E-state index contributed by atoms with van der Waals surface area (Å²) in [6, 6.07) is 4.16.